The molecule has 1 N–H and O–H groups in total. The van der Waals surface area contributed by atoms with E-state index in [1.807, 2.05) is 25.1 Å². The highest BCUT2D eigenvalue weighted by molar-refractivity contribution is 5.59. The van der Waals surface area contributed by atoms with E-state index in [9.17, 15) is 18.9 Å². The van der Waals surface area contributed by atoms with E-state index in [1.165, 1.54) is 12.1 Å². The van der Waals surface area contributed by atoms with Crippen LogP contribution in [0, 0.1) is 17.0 Å². The Balaban J connectivity index is 1.86. The Hall–Kier alpha value is -2.90. The van der Waals surface area contributed by atoms with E-state index in [0.717, 1.165) is 22.9 Å². The fourth-order valence-corrected chi connectivity index (χ4v) is 2.60. The molecule has 1 unspecified atom stereocenters. The second-order valence-corrected chi connectivity index (χ2v) is 5.37. The molecule has 8 heteroatoms. The summed E-state index contributed by atoms with van der Waals surface area (Å²) >= 11 is 0. The molecule has 0 aliphatic carbocycles. The number of anilines is 1. The van der Waals surface area contributed by atoms with Crippen LogP contribution in [0.25, 0.3) is 0 Å². The minimum Gasteiger partial charge on any atom is -0.491 e. The number of alkyl halides is 2. The summed E-state index contributed by atoms with van der Waals surface area (Å²) in [6.45, 7) is -0.811. The van der Waals surface area contributed by atoms with Gasteiger partial charge in [-0.25, -0.2) is 0 Å². The van der Waals surface area contributed by atoms with Gasteiger partial charge in [0.2, 0.25) is 5.75 Å². The van der Waals surface area contributed by atoms with E-state index in [0.29, 0.717) is 12.3 Å². The summed E-state index contributed by atoms with van der Waals surface area (Å²) in [5.74, 6) is 0.271. The molecular formula is C16H14F2N2O4. The third-order valence-corrected chi connectivity index (χ3v) is 3.66. The number of aryl methyl sites for hydroxylation is 1. The number of halogens is 2. The number of nitro groups is 1. The average molecular weight is 336 g/mol. The topological polar surface area (TPSA) is 73.6 Å². The molecule has 24 heavy (non-hydrogen) atoms. The Morgan fingerprint density at radius 2 is 2.12 bits per heavy atom. The van der Waals surface area contributed by atoms with Crippen molar-refractivity contribution in [1.29, 1.82) is 0 Å². The highest BCUT2D eigenvalue weighted by atomic mass is 19.3. The first-order chi connectivity index (χ1) is 11.4. The maximum Gasteiger partial charge on any atom is 0.387 e. The van der Waals surface area contributed by atoms with E-state index in [1.54, 1.807) is 0 Å². The molecule has 0 amide bonds. The molecule has 0 radical (unpaired) electrons. The Morgan fingerprint density at radius 3 is 2.83 bits per heavy atom. The molecule has 1 atom stereocenters. The lowest BCUT2D eigenvalue weighted by Crippen LogP contribution is -2.12. The number of hydrogen-bond acceptors (Lipinski definition) is 5. The first-order valence-corrected chi connectivity index (χ1v) is 7.17. The molecule has 1 heterocycles. The quantitative estimate of drug-likeness (QED) is 0.659. The van der Waals surface area contributed by atoms with Crippen molar-refractivity contribution >= 4 is 11.4 Å². The van der Waals surface area contributed by atoms with Gasteiger partial charge in [0.25, 0.3) is 0 Å². The van der Waals surface area contributed by atoms with Gasteiger partial charge in [-0.05, 0) is 19.1 Å². The third-order valence-electron chi connectivity index (χ3n) is 3.66. The van der Waals surface area contributed by atoms with Gasteiger partial charge in [-0.15, -0.1) is 0 Å². The van der Waals surface area contributed by atoms with Gasteiger partial charge in [0.1, 0.15) is 12.4 Å². The van der Waals surface area contributed by atoms with Gasteiger partial charge >= 0.3 is 12.3 Å². The lowest BCUT2D eigenvalue weighted by atomic mass is 10.1. The molecule has 2 aromatic rings. The highest BCUT2D eigenvalue weighted by Gasteiger charge is 2.25. The SMILES string of the molecule is Cc1ccc2c(c1)C(Nc1ccc([N+](=O)[O-])c(OC(F)F)c1)CO2. The Morgan fingerprint density at radius 1 is 1.33 bits per heavy atom. The molecule has 0 bridgehead atoms. The molecular weight excluding hydrogens is 322 g/mol. The molecule has 0 spiro atoms. The van der Waals surface area contributed by atoms with Crippen molar-refractivity contribution in [2.24, 2.45) is 0 Å². The number of fused-ring (bicyclic) bond motifs is 1. The second kappa shape index (κ2) is 6.31. The Kier molecular flexibility index (Phi) is 4.20. The summed E-state index contributed by atoms with van der Waals surface area (Å²) in [6, 6.07) is 9.37. The largest absolute Gasteiger partial charge is 0.491 e. The van der Waals surface area contributed by atoms with Crippen LogP contribution in [-0.2, 0) is 0 Å². The zero-order chi connectivity index (χ0) is 17.3. The zero-order valence-corrected chi connectivity index (χ0v) is 12.7. The van der Waals surface area contributed by atoms with E-state index >= 15 is 0 Å². The summed E-state index contributed by atoms with van der Waals surface area (Å²) in [7, 11) is 0. The fraction of sp³-hybridized carbons (Fsp3) is 0.250. The molecule has 0 fully saturated rings. The summed E-state index contributed by atoms with van der Waals surface area (Å²) in [5.41, 5.74) is 1.93. The van der Waals surface area contributed by atoms with Gasteiger partial charge in [0, 0.05) is 23.4 Å². The predicted molar refractivity (Wildman–Crippen MR) is 82.8 cm³/mol. The third kappa shape index (κ3) is 3.22. The molecule has 3 rings (SSSR count). The summed E-state index contributed by atoms with van der Waals surface area (Å²) in [6.07, 6.45) is 0. The summed E-state index contributed by atoms with van der Waals surface area (Å²) in [5, 5.41) is 14.0. The molecule has 0 aromatic heterocycles. The minimum atomic E-state index is -3.14. The van der Waals surface area contributed by atoms with E-state index in [4.69, 9.17) is 4.74 Å². The van der Waals surface area contributed by atoms with Crippen molar-refractivity contribution in [2.75, 3.05) is 11.9 Å². The van der Waals surface area contributed by atoms with Crippen LogP contribution in [0.3, 0.4) is 0 Å². The van der Waals surface area contributed by atoms with Crippen LogP contribution in [0.5, 0.6) is 11.5 Å². The fourth-order valence-electron chi connectivity index (χ4n) is 2.60. The van der Waals surface area contributed by atoms with Crippen LogP contribution in [0.15, 0.2) is 36.4 Å². The average Bonchev–Trinajstić information content (AvgIpc) is 2.89. The van der Waals surface area contributed by atoms with E-state index < -0.39 is 23.0 Å². The van der Waals surface area contributed by atoms with E-state index in [-0.39, 0.29) is 6.04 Å². The number of nitrogens with one attached hydrogen (secondary N) is 1. The Bertz CT molecular complexity index is 783. The molecule has 2 aromatic carbocycles. The monoisotopic (exact) mass is 336 g/mol. The number of ether oxygens (including phenoxy) is 2. The van der Waals surface area contributed by atoms with Crippen LogP contribution < -0.4 is 14.8 Å². The van der Waals surface area contributed by atoms with Gasteiger partial charge < -0.3 is 14.8 Å². The van der Waals surface area contributed by atoms with E-state index in [2.05, 4.69) is 10.1 Å². The maximum absolute atomic E-state index is 12.5. The van der Waals surface area contributed by atoms with Gasteiger partial charge in [-0.2, -0.15) is 8.78 Å². The van der Waals surface area contributed by atoms with Crippen molar-refractivity contribution in [3.63, 3.8) is 0 Å². The van der Waals surface area contributed by atoms with Crippen molar-refractivity contribution in [3.8, 4) is 11.5 Å². The first kappa shape index (κ1) is 16.0. The van der Waals surface area contributed by atoms with Crippen molar-refractivity contribution < 1.29 is 23.2 Å². The summed E-state index contributed by atoms with van der Waals surface area (Å²) in [4.78, 5) is 10.1. The lowest BCUT2D eigenvalue weighted by Gasteiger charge is -2.15. The molecule has 0 saturated heterocycles. The molecule has 1 aliphatic rings. The molecule has 6 nitrogen and oxygen atoms in total. The second-order valence-electron chi connectivity index (χ2n) is 5.37. The highest BCUT2D eigenvalue weighted by Crippen LogP contribution is 2.37. The number of benzene rings is 2. The van der Waals surface area contributed by atoms with Crippen molar-refractivity contribution in [1.82, 2.24) is 0 Å². The Labute approximate surface area is 136 Å². The number of rotatable bonds is 5. The van der Waals surface area contributed by atoms with Crippen LogP contribution in [0.4, 0.5) is 20.2 Å². The predicted octanol–water partition coefficient (Wildman–Crippen LogP) is 4.05. The molecule has 126 valence electrons. The molecule has 1 aliphatic heterocycles. The minimum absolute atomic E-state index is 0.180. The summed E-state index contributed by atoms with van der Waals surface area (Å²) < 4.78 is 34.7. The van der Waals surface area contributed by atoms with Crippen LogP contribution in [-0.4, -0.2) is 18.1 Å². The van der Waals surface area contributed by atoms with Crippen molar-refractivity contribution in [3.05, 3.63) is 57.6 Å². The smallest absolute Gasteiger partial charge is 0.387 e. The van der Waals surface area contributed by atoms with Gasteiger partial charge in [-0.1, -0.05) is 17.7 Å². The van der Waals surface area contributed by atoms with Gasteiger partial charge in [0.05, 0.1) is 11.0 Å². The zero-order valence-electron chi connectivity index (χ0n) is 12.7. The number of nitrogens with zero attached hydrogens (tertiary/aromatic N) is 1. The maximum atomic E-state index is 12.5. The van der Waals surface area contributed by atoms with Gasteiger partial charge in [-0.3, -0.25) is 10.1 Å². The lowest BCUT2D eigenvalue weighted by molar-refractivity contribution is -0.386. The number of nitro benzene ring substituents is 1. The number of hydrogen-bond donors (Lipinski definition) is 1. The van der Waals surface area contributed by atoms with Crippen molar-refractivity contribution in [2.45, 2.75) is 19.6 Å². The standard InChI is InChI=1S/C16H14F2N2O4/c1-9-2-5-14-11(6-9)12(8-23-14)19-10-3-4-13(20(21)22)15(7-10)24-16(17)18/h2-7,12,16,19H,8H2,1H3. The van der Waals surface area contributed by atoms with Crippen LogP contribution in [0.2, 0.25) is 0 Å². The van der Waals surface area contributed by atoms with Gasteiger partial charge in [0.15, 0.2) is 0 Å². The normalized spacial score (nSPS) is 15.8. The first-order valence-electron chi connectivity index (χ1n) is 7.17. The van der Waals surface area contributed by atoms with Crippen LogP contribution in [0.1, 0.15) is 17.2 Å². The van der Waals surface area contributed by atoms with Crippen LogP contribution >= 0.6 is 0 Å². The molecule has 0 saturated carbocycles.